The Hall–Kier alpha value is -0.100. The molecule has 1 N–H and O–H groups in total. The summed E-state index contributed by atoms with van der Waals surface area (Å²) in [5.74, 6) is -0.824. The predicted octanol–water partition coefficient (Wildman–Crippen LogP) is 2.42. The Morgan fingerprint density at radius 2 is 2.36 bits per heavy atom. The fraction of sp³-hybridized carbons (Fsp3) is 0.286. The summed E-state index contributed by atoms with van der Waals surface area (Å²) in [4.78, 5) is 12.0. The second-order valence-electron chi connectivity index (χ2n) is 2.01. The lowest BCUT2D eigenvalue weighted by Gasteiger charge is -1.86. The molecule has 1 aromatic rings. The molecule has 0 aliphatic rings. The highest BCUT2D eigenvalue weighted by atomic mass is 127. The molecule has 0 aromatic carbocycles. The number of carboxylic acids is 1. The van der Waals surface area contributed by atoms with Crippen molar-refractivity contribution in [2.45, 2.75) is 6.42 Å². The molecule has 2 nitrogen and oxygen atoms in total. The fourth-order valence-corrected chi connectivity index (χ4v) is 2.51. The number of hydrogen-bond donors (Lipinski definition) is 1. The van der Waals surface area contributed by atoms with Gasteiger partial charge in [-0.15, -0.1) is 11.3 Å². The topological polar surface area (TPSA) is 37.3 Å². The van der Waals surface area contributed by atoms with Crippen LogP contribution < -0.4 is 0 Å². The summed E-state index contributed by atoms with van der Waals surface area (Å²) in [7, 11) is 0. The number of carboxylic acid groups (broad SMARTS) is 1. The number of aromatic carboxylic acids is 1. The van der Waals surface area contributed by atoms with Gasteiger partial charge in [-0.1, -0.05) is 22.6 Å². The first kappa shape index (κ1) is 8.99. The number of thiophene rings is 1. The van der Waals surface area contributed by atoms with Gasteiger partial charge in [0.1, 0.15) is 4.88 Å². The molecule has 1 rings (SSSR count). The molecule has 0 aliphatic carbocycles. The van der Waals surface area contributed by atoms with Crippen molar-refractivity contribution >= 4 is 39.9 Å². The minimum atomic E-state index is -0.824. The lowest BCUT2D eigenvalue weighted by Crippen LogP contribution is -1.89. The van der Waals surface area contributed by atoms with Gasteiger partial charge < -0.3 is 5.11 Å². The molecule has 0 amide bonds. The molecule has 1 aromatic heterocycles. The molecule has 0 unspecified atom stereocenters. The van der Waals surface area contributed by atoms with E-state index in [1.165, 1.54) is 11.3 Å². The first-order chi connectivity index (χ1) is 5.24. The molecule has 0 atom stereocenters. The molecule has 0 bridgehead atoms. The van der Waals surface area contributed by atoms with Gasteiger partial charge in [0.2, 0.25) is 0 Å². The van der Waals surface area contributed by atoms with Gasteiger partial charge in [-0.05, 0) is 18.6 Å². The van der Waals surface area contributed by atoms with Gasteiger partial charge in [0.05, 0.1) is 0 Å². The third kappa shape index (κ3) is 2.44. The van der Waals surface area contributed by atoms with Crippen molar-refractivity contribution in [2.75, 3.05) is 4.43 Å². The van der Waals surface area contributed by atoms with E-state index in [4.69, 9.17) is 5.11 Å². The third-order valence-electron chi connectivity index (χ3n) is 1.21. The van der Waals surface area contributed by atoms with Crippen molar-refractivity contribution in [1.29, 1.82) is 0 Å². The third-order valence-corrected chi connectivity index (χ3v) is 2.89. The van der Waals surface area contributed by atoms with E-state index in [0.717, 1.165) is 15.7 Å². The molecular weight excluding hydrogens is 275 g/mol. The number of hydrogen-bond acceptors (Lipinski definition) is 2. The number of rotatable bonds is 3. The molecule has 0 saturated carbocycles. The zero-order valence-corrected chi connectivity index (χ0v) is 8.68. The van der Waals surface area contributed by atoms with Crippen molar-refractivity contribution in [3.8, 4) is 0 Å². The van der Waals surface area contributed by atoms with E-state index in [-0.39, 0.29) is 0 Å². The van der Waals surface area contributed by atoms with E-state index in [0.29, 0.717) is 4.88 Å². The zero-order chi connectivity index (χ0) is 8.27. The number of alkyl halides is 1. The van der Waals surface area contributed by atoms with Crippen molar-refractivity contribution in [3.63, 3.8) is 0 Å². The quantitative estimate of drug-likeness (QED) is 0.683. The predicted molar refractivity (Wildman–Crippen MR) is 53.9 cm³/mol. The van der Waals surface area contributed by atoms with Crippen LogP contribution in [0.1, 0.15) is 14.5 Å². The molecule has 0 fully saturated rings. The largest absolute Gasteiger partial charge is 0.477 e. The first-order valence-corrected chi connectivity index (χ1v) is 5.46. The van der Waals surface area contributed by atoms with Crippen LogP contribution in [-0.4, -0.2) is 15.5 Å². The van der Waals surface area contributed by atoms with Crippen LogP contribution >= 0.6 is 33.9 Å². The van der Waals surface area contributed by atoms with Gasteiger partial charge in [-0.2, -0.15) is 0 Å². The van der Waals surface area contributed by atoms with Crippen LogP contribution in [0.15, 0.2) is 12.1 Å². The number of carbonyl (C=O) groups is 1. The molecule has 4 heteroatoms. The zero-order valence-electron chi connectivity index (χ0n) is 5.71. The summed E-state index contributed by atoms with van der Waals surface area (Å²) in [6, 6.07) is 3.54. The average Bonchev–Trinajstić information content (AvgIpc) is 2.37. The molecular formula is C7H7IO2S. The summed E-state index contributed by atoms with van der Waals surface area (Å²) >= 11 is 3.64. The minimum absolute atomic E-state index is 0.435. The van der Waals surface area contributed by atoms with Crippen LogP contribution in [0.4, 0.5) is 0 Å². The van der Waals surface area contributed by atoms with Crippen LogP contribution in [0, 0.1) is 0 Å². The smallest absolute Gasteiger partial charge is 0.345 e. The second kappa shape index (κ2) is 4.06. The van der Waals surface area contributed by atoms with Crippen LogP contribution in [0.5, 0.6) is 0 Å². The van der Waals surface area contributed by atoms with Crippen LogP contribution in [0.2, 0.25) is 0 Å². The van der Waals surface area contributed by atoms with Gasteiger partial charge in [0.15, 0.2) is 0 Å². The van der Waals surface area contributed by atoms with E-state index in [2.05, 4.69) is 22.6 Å². The lowest BCUT2D eigenvalue weighted by atomic mass is 10.4. The molecule has 0 spiro atoms. The van der Waals surface area contributed by atoms with Gasteiger partial charge in [-0.3, -0.25) is 0 Å². The Morgan fingerprint density at radius 1 is 1.64 bits per heavy atom. The van der Waals surface area contributed by atoms with Crippen molar-refractivity contribution in [3.05, 3.63) is 21.9 Å². The SMILES string of the molecule is O=C(O)c1ccc(CCI)s1. The highest BCUT2D eigenvalue weighted by Crippen LogP contribution is 2.17. The summed E-state index contributed by atoms with van der Waals surface area (Å²) < 4.78 is 1.04. The van der Waals surface area contributed by atoms with E-state index >= 15 is 0 Å². The maximum absolute atomic E-state index is 10.4. The summed E-state index contributed by atoms with van der Waals surface area (Å²) in [5, 5.41) is 8.57. The van der Waals surface area contributed by atoms with Crippen molar-refractivity contribution in [2.24, 2.45) is 0 Å². The summed E-state index contributed by atoms with van der Waals surface area (Å²) in [5.41, 5.74) is 0. The number of halogens is 1. The van der Waals surface area contributed by atoms with Crippen LogP contribution in [0.3, 0.4) is 0 Å². The summed E-state index contributed by atoms with van der Waals surface area (Å²) in [6.45, 7) is 0. The molecule has 0 saturated heterocycles. The Morgan fingerprint density at radius 3 is 2.82 bits per heavy atom. The van der Waals surface area contributed by atoms with E-state index in [1.54, 1.807) is 6.07 Å². The Bertz CT molecular complexity index is 257. The van der Waals surface area contributed by atoms with Crippen molar-refractivity contribution in [1.82, 2.24) is 0 Å². The normalized spacial score (nSPS) is 9.91. The average molecular weight is 282 g/mol. The van der Waals surface area contributed by atoms with Gasteiger partial charge in [-0.25, -0.2) is 4.79 Å². The standard InChI is InChI=1S/C7H7IO2S/c8-4-3-5-1-2-6(11-5)7(9)10/h1-2H,3-4H2,(H,9,10). The molecule has 11 heavy (non-hydrogen) atoms. The van der Waals surface area contributed by atoms with E-state index in [1.807, 2.05) is 6.07 Å². The van der Waals surface area contributed by atoms with Crippen LogP contribution in [-0.2, 0) is 6.42 Å². The van der Waals surface area contributed by atoms with Gasteiger partial charge in [0, 0.05) is 9.30 Å². The maximum Gasteiger partial charge on any atom is 0.345 e. The first-order valence-electron chi connectivity index (χ1n) is 3.12. The van der Waals surface area contributed by atoms with Gasteiger partial charge in [0.25, 0.3) is 0 Å². The van der Waals surface area contributed by atoms with Crippen molar-refractivity contribution < 1.29 is 9.90 Å². The van der Waals surface area contributed by atoms with E-state index < -0.39 is 5.97 Å². The Labute approximate surface area is 82.4 Å². The minimum Gasteiger partial charge on any atom is -0.477 e. The van der Waals surface area contributed by atoms with E-state index in [9.17, 15) is 4.79 Å². The molecule has 60 valence electrons. The fourth-order valence-electron chi connectivity index (χ4n) is 0.720. The maximum atomic E-state index is 10.4. The van der Waals surface area contributed by atoms with Gasteiger partial charge >= 0.3 is 5.97 Å². The summed E-state index contributed by atoms with van der Waals surface area (Å²) in [6.07, 6.45) is 0.971. The molecule has 1 heterocycles. The monoisotopic (exact) mass is 282 g/mol. The number of aryl methyl sites for hydroxylation is 1. The second-order valence-corrected chi connectivity index (χ2v) is 4.26. The Kier molecular flexibility index (Phi) is 3.32. The molecule has 0 aliphatic heterocycles. The van der Waals surface area contributed by atoms with Crippen LogP contribution in [0.25, 0.3) is 0 Å². The highest BCUT2D eigenvalue weighted by Gasteiger charge is 2.05. The lowest BCUT2D eigenvalue weighted by molar-refractivity contribution is 0.0702. The Balaban J connectivity index is 2.73. The highest BCUT2D eigenvalue weighted by molar-refractivity contribution is 14.1. The molecule has 0 radical (unpaired) electrons.